The van der Waals surface area contributed by atoms with Gasteiger partial charge in [0.25, 0.3) is 0 Å². The number of hydrogen-bond acceptors (Lipinski definition) is 4. The molecule has 0 spiro atoms. The summed E-state index contributed by atoms with van der Waals surface area (Å²) in [5, 5.41) is 13.6. The zero-order chi connectivity index (χ0) is 14.7. The highest BCUT2D eigenvalue weighted by molar-refractivity contribution is 5.44. The Labute approximate surface area is 126 Å². The molecular formula is C17H25NO3. The molecule has 2 aliphatic rings. The average Bonchev–Trinajstić information content (AvgIpc) is 2.53. The van der Waals surface area contributed by atoms with Crippen molar-refractivity contribution in [2.45, 2.75) is 44.8 Å². The second-order valence-corrected chi connectivity index (χ2v) is 6.14. The SMILES string of the molecule is CC(NCC1CCCCC1O)c1ccc2c(c1)OCCO2. The van der Waals surface area contributed by atoms with Crippen molar-refractivity contribution in [2.75, 3.05) is 19.8 Å². The summed E-state index contributed by atoms with van der Waals surface area (Å²) < 4.78 is 11.2. The first kappa shape index (κ1) is 14.7. The molecule has 116 valence electrons. The molecule has 3 rings (SSSR count). The molecule has 1 aromatic carbocycles. The molecule has 21 heavy (non-hydrogen) atoms. The Kier molecular flexibility index (Phi) is 4.66. The Morgan fingerprint density at radius 1 is 1.19 bits per heavy atom. The van der Waals surface area contributed by atoms with Crippen LogP contribution in [0.2, 0.25) is 0 Å². The lowest BCUT2D eigenvalue weighted by molar-refractivity contribution is 0.0684. The normalized spacial score (nSPS) is 26.4. The number of benzene rings is 1. The van der Waals surface area contributed by atoms with Crippen molar-refractivity contribution in [1.29, 1.82) is 0 Å². The summed E-state index contributed by atoms with van der Waals surface area (Å²) in [7, 11) is 0. The number of aliphatic hydroxyl groups excluding tert-OH is 1. The molecule has 4 nitrogen and oxygen atoms in total. The molecule has 1 aromatic rings. The summed E-state index contributed by atoms with van der Waals surface area (Å²) in [5.74, 6) is 2.06. The van der Waals surface area contributed by atoms with E-state index in [-0.39, 0.29) is 12.1 Å². The first-order chi connectivity index (χ1) is 10.2. The monoisotopic (exact) mass is 291 g/mol. The molecule has 0 saturated heterocycles. The fourth-order valence-electron chi connectivity index (χ4n) is 3.20. The van der Waals surface area contributed by atoms with Crippen molar-refractivity contribution in [3.05, 3.63) is 23.8 Å². The van der Waals surface area contributed by atoms with Gasteiger partial charge in [0, 0.05) is 12.6 Å². The Morgan fingerprint density at radius 3 is 2.76 bits per heavy atom. The molecule has 0 amide bonds. The van der Waals surface area contributed by atoms with Gasteiger partial charge in [0.2, 0.25) is 0 Å². The first-order valence-corrected chi connectivity index (χ1v) is 8.05. The smallest absolute Gasteiger partial charge is 0.161 e. The van der Waals surface area contributed by atoms with Crippen LogP contribution >= 0.6 is 0 Å². The van der Waals surface area contributed by atoms with E-state index in [4.69, 9.17) is 9.47 Å². The minimum absolute atomic E-state index is 0.140. The fourth-order valence-corrected chi connectivity index (χ4v) is 3.20. The van der Waals surface area contributed by atoms with Crippen LogP contribution in [0.15, 0.2) is 18.2 Å². The topological polar surface area (TPSA) is 50.7 Å². The molecule has 1 saturated carbocycles. The summed E-state index contributed by atoms with van der Waals surface area (Å²) in [6, 6.07) is 6.37. The Balaban J connectivity index is 1.58. The van der Waals surface area contributed by atoms with E-state index in [9.17, 15) is 5.11 Å². The van der Waals surface area contributed by atoms with Gasteiger partial charge < -0.3 is 19.9 Å². The third-order valence-corrected chi connectivity index (χ3v) is 4.62. The predicted molar refractivity (Wildman–Crippen MR) is 81.8 cm³/mol. The van der Waals surface area contributed by atoms with Gasteiger partial charge in [0.15, 0.2) is 11.5 Å². The third kappa shape index (κ3) is 3.50. The highest BCUT2D eigenvalue weighted by Crippen LogP contribution is 2.32. The van der Waals surface area contributed by atoms with Gasteiger partial charge in [0.1, 0.15) is 13.2 Å². The van der Waals surface area contributed by atoms with Crippen molar-refractivity contribution in [2.24, 2.45) is 5.92 Å². The van der Waals surface area contributed by atoms with Crippen LogP contribution in [0.4, 0.5) is 0 Å². The number of ether oxygens (including phenoxy) is 2. The molecule has 1 heterocycles. The van der Waals surface area contributed by atoms with Crippen molar-refractivity contribution in [1.82, 2.24) is 5.32 Å². The highest BCUT2D eigenvalue weighted by Gasteiger charge is 2.23. The minimum atomic E-state index is -0.140. The second-order valence-electron chi connectivity index (χ2n) is 6.14. The van der Waals surface area contributed by atoms with Gasteiger partial charge in [-0.05, 0) is 43.4 Å². The molecule has 1 aliphatic heterocycles. The molecule has 0 radical (unpaired) electrons. The number of aliphatic hydroxyl groups is 1. The molecule has 3 unspecified atom stereocenters. The summed E-state index contributed by atoms with van der Waals surface area (Å²) in [6.07, 6.45) is 4.34. The van der Waals surface area contributed by atoms with E-state index < -0.39 is 0 Å². The van der Waals surface area contributed by atoms with Gasteiger partial charge in [-0.25, -0.2) is 0 Å². The van der Waals surface area contributed by atoms with Crippen LogP contribution in [-0.2, 0) is 0 Å². The van der Waals surface area contributed by atoms with E-state index in [1.807, 2.05) is 6.07 Å². The van der Waals surface area contributed by atoms with Crippen LogP contribution in [-0.4, -0.2) is 31.0 Å². The second kappa shape index (κ2) is 6.67. The van der Waals surface area contributed by atoms with Crippen molar-refractivity contribution >= 4 is 0 Å². The number of hydrogen-bond donors (Lipinski definition) is 2. The molecule has 0 aromatic heterocycles. The fraction of sp³-hybridized carbons (Fsp3) is 0.647. The maximum absolute atomic E-state index is 10.0. The lowest BCUT2D eigenvalue weighted by Gasteiger charge is -2.29. The Morgan fingerprint density at radius 2 is 1.95 bits per heavy atom. The van der Waals surface area contributed by atoms with E-state index in [0.717, 1.165) is 37.3 Å². The van der Waals surface area contributed by atoms with Crippen LogP contribution in [0.3, 0.4) is 0 Å². The summed E-state index contributed by atoms with van der Waals surface area (Å²) >= 11 is 0. The van der Waals surface area contributed by atoms with Gasteiger partial charge in [0.05, 0.1) is 6.10 Å². The maximum Gasteiger partial charge on any atom is 0.161 e. The third-order valence-electron chi connectivity index (χ3n) is 4.62. The van der Waals surface area contributed by atoms with Gasteiger partial charge in [-0.15, -0.1) is 0 Å². The van der Waals surface area contributed by atoms with Crippen molar-refractivity contribution < 1.29 is 14.6 Å². The molecule has 1 aliphatic carbocycles. The molecule has 3 atom stereocenters. The number of nitrogens with one attached hydrogen (secondary N) is 1. The van der Waals surface area contributed by atoms with Gasteiger partial charge in [-0.2, -0.15) is 0 Å². The molecule has 4 heteroatoms. The maximum atomic E-state index is 10.0. The minimum Gasteiger partial charge on any atom is -0.486 e. The van der Waals surface area contributed by atoms with Crippen LogP contribution in [0.1, 0.15) is 44.2 Å². The van der Waals surface area contributed by atoms with E-state index in [1.165, 1.54) is 12.0 Å². The lowest BCUT2D eigenvalue weighted by Crippen LogP contribution is -2.35. The molecule has 2 N–H and O–H groups in total. The zero-order valence-corrected chi connectivity index (χ0v) is 12.7. The molecule has 0 bridgehead atoms. The number of rotatable bonds is 4. The van der Waals surface area contributed by atoms with Crippen LogP contribution < -0.4 is 14.8 Å². The predicted octanol–water partition coefficient (Wildman–Crippen LogP) is 2.66. The number of fused-ring (bicyclic) bond motifs is 1. The Bertz CT molecular complexity index is 477. The van der Waals surface area contributed by atoms with Crippen LogP contribution in [0.5, 0.6) is 11.5 Å². The van der Waals surface area contributed by atoms with E-state index in [2.05, 4.69) is 24.4 Å². The van der Waals surface area contributed by atoms with Crippen LogP contribution in [0.25, 0.3) is 0 Å². The quantitative estimate of drug-likeness (QED) is 0.895. The van der Waals surface area contributed by atoms with Crippen molar-refractivity contribution in [3.63, 3.8) is 0 Å². The summed E-state index contributed by atoms with van der Waals surface area (Å²) in [4.78, 5) is 0. The average molecular weight is 291 g/mol. The largest absolute Gasteiger partial charge is 0.486 e. The summed E-state index contributed by atoms with van der Waals surface area (Å²) in [5.41, 5.74) is 1.20. The van der Waals surface area contributed by atoms with Gasteiger partial charge >= 0.3 is 0 Å². The van der Waals surface area contributed by atoms with Crippen molar-refractivity contribution in [3.8, 4) is 11.5 Å². The standard InChI is InChI=1S/C17H25NO3/c1-12(18-11-14-4-2-3-5-15(14)19)13-6-7-16-17(10-13)21-9-8-20-16/h6-7,10,12,14-15,18-19H,2-5,8-9,11H2,1H3. The Hall–Kier alpha value is -1.26. The summed E-state index contributed by atoms with van der Waals surface area (Å²) in [6.45, 7) is 4.27. The van der Waals surface area contributed by atoms with Crippen LogP contribution in [0, 0.1) is 5.92 Å². The highest BCUT2D eigenvalue weighted by atomic mass is 16.6. The zero-order valence-electron chi connectivity index (χ0n) is 12.7. The van der Waals surface area contributed by atoms with Gasteiger partial charge in [-0.3, -0.25) is 0 Å². The lowest BCUT2D eigenvalue weighted by atomic mass is 9.86. The van der Waals surface area contributed by atoms with Gasteiger partial charge in [-0.1, -0.05) is 18.9 Å². The van der Waals surface area contributed by atoms with E-state index in [0.29, 0.717) is 19.1 Å². The molecular weight excluding hydrogens is 266 g/mol. The molecule has 1 fully saturated rings. The van der Waals surface area contributed by atoms with E-state index >= 15 is 0 Å². The van der Waals surface area contributed by atoms with E-state index in [1.54, 1.807) is 0 Å². The first-order valence-electron chi connectivity index (χ1n) is 8.05.